The van der Waals surface area contributed by atoms with E-state index in [9.17, 15) is 9.59 Å². The van der Waals surface area contributed by atoms with E-state index in [0.29, 0.717) is 11.3 Å². The monoisotopic (exact) mass is 221 g/mol. The Morgan fingerprint density at radius 3 is 2.81 bits per heavy atom. The second kappa shape index (κ2) is 3.30. The summed E-state index contributed by atoms with van der Waals surface area (Å²) in [6.45, 7) is 3.93. The molecule has 16 heavy (non-hydrogen) atoms. The first-order valence-corrected chi connectivity index (χ1v) is 4.84. The lowest BCUT2D eigenvalue weighted by Crippen LogP contribution is -2.35. The molecule has 84 valence electrons. The molecule has 1 aliphatic rings. The summed E-state index contributed by atoms with van der Waals surface area (Å²) in [5.74, 6) is -1.55. The van der Waals surface area contributed by atoms with Gasteiger partial charge in [0.1, 0.15) is 12.3 Å². The van der Waals surface area contributed by atoms with Gasteiger partial charge in [0, 0.05) is 5.41 Å². The Balaban J connectivity index is 2.62. The fourth-order valence-corrected chi connectivity index (χ4v) is 1.65. The van der Waals surface area contributed by atoms with Crippen molar-refractivity contribution < 1.29 is 19.4 Å². The summed E-state index contributed by atoms with van der Waals surface area (Å²) in [6.07, 6.45) is 0. The van der Waals surface area contributed by atoms with Crippen LogP contribution in [-0.4, -0.2) is 28.6 Å². The predicted octanol–water partition coefficient (Wildman–Crippen LogP) is 1.23. The number of carboxylic acid groups (broad SMARTS) is 1. The summed E-state index contributed by atoms with van der Waals surface area (Å²) in [6, 6.07) is 2.76. The second-order valence-corrected chi connectivity index (χ2v) is 4.36. The molecule has 0 bridgehead atoms. The quantitative estimate of drug-likeness (QED) is 0.721. The fraction of sp³-hybridized carbons (Fsp3) is 0.364. The highest BCUT2D eigenvalue weighted by atomic mass is 16.5. The molecule has 0 atom stereocenters. The number of hydrogen-bond donors (Lipinski definition) is 1. The second-order valence-electron chi connectivity index (χ2n) is 4.36. The van der Waals surface area contributed by atoms with Crippen LogP contribution in [0.1, 0.15) is 40.4 Å². The number of hydrogen-bond acceptors (Lipinski definition) is 4. The Bertz CT molecular complexity index is 479. The molecule has 0 fully saturated rings. The number of aromatic carboxylic acids is 1. The lowest BCUT2D eigenvalue weighted by molar-refractivity contribution is 0.0364. The number of nitrogens with zero attached hydrogens (tertiary/aromatic N) is 1. The maximum absolute atomic E-state index is 11.4. The molecule has 0 amide bonds. The van der Waals surface area contributed by atoms with E-state index >= 15 is 0 Å². The van der Waals surface area contributed by atoms with E-state index in [1.807, 2.05) is 13.8 Å². The van der Waals surface area contributed by atoms with Gasteiger partial charge in [0.2, 0.25) is 0 Å². The Kier molecular flexibility index (Phi) is 2.18. The molecule has 0 unspecified atom stereocenters. The van der Waals surface area contributed by atoms with Gasteiger partial charge in [-0.05, 0) is 12.1 Å². The zero-order valence-electron chi connectivity index (χ0n) is 8.98. The molecule has 0 saturated heterocycles. The maximum Gasteiger partial charge on any atom is 0.354 e. The van der Waals surface area contributed by atoms with Gasteiger partial charge in [-0.2, -0.15) is 0 Å². The van der Waals surface area contributed by atoms with Crippen molar-refractivity contribution in [1.82, 2.24) is 4.98 Å². The summed E-state index contributed by atoms with van der Waals surface area (Å²) in [7, 11) is 0. The molecule has 0 aliphatic carbocycles. The highest BCUT2D eigenvalue weighted by Crippen LogP contribution is 2.30. The van der Waals surface area contributed by atoms with Crippen LogP contribution in [0.5, 0.6) is 0 Å². The van der Waals surface area contributed by atoms with E-state index in [1.54, 1.807) is 0 Å². The Labute approximate surface area is 92.1 Å². The topological polar surface area (TPSA) is 76.5 Å². The van der Waals surface area contributed by atoms with Crippen LogP contribution >= 0.6 is 0 Å². The summed E-state index contributed by atoms with van der Waals surface area (Å²) in [5.41, 5.74) is 0.334. The van der Waals surface area contributed by atoms with Gasteiger partial charge in [-0.15, -0.1) is 0 Å². The lowest BCUT2D eigenvalue weighted by atomic mass is 9.85. The molecule has 1 N–H and O–H groups in total. The van der Waals surface area contributed by atoms with E-state index in [4.69, 9.17) is 9.84 Å². The van der Waals surface area contributed by atoms with Crippen LogP contribution in [-0.2, 0) is 10.2 Å². The summed E-state index contributed by atoms with van der Waals surface area (Å²) < 4.78 is 4.99. The van der Waals surface area contributed by atoms with Crippen molar-refractivity contribution in [3.63, 3.8) is 0 Å². The number of carboxylic acids is 1. The smallest absolute Gasteiger partial charge is 0.354 e. The summed E-state index contributed by atoms with van der Waals surface area (Å²) in [5, 5.41) is 8.84. The average Bonchev–Trinajstić information content (AvgIpc) is 2.23. The number of cyclic esters (lactones) is 1. The zero-order chi connectivity index (χ0) is 11.9. The first kappa shape index (κ1) is 10.6. The van der Waals surface area contributed by atoms with Crippen LogP contribution in [0, 0.1) is 0 Å². The van der Waals surface area contributed by atoms with Gasteiger partial charge in [0.25, 0.3) is 0 Å². The number of fused-ring (bicyclic) bond motifs is 1. The Morgan fingerprint density at radius 1 is 1.50 bits per heavy atom. The van der Waals surface area contributed by atoms with Crippen molar-refractivity contribution in [3.05, 3.63) is 29.1 Å². The zero-order valence-corrected chi connectivity index (χ0v) is 8.98. The fourth-order valence-electron chi connectivity index (χ4n) is 1.65. The van der Waals surface area contributed by atoms with Gasteiger partial charge in [0.15, 0.2) is 0 Å². The summed E-state index contributed by atoms with van der Waals surface area (Å²) in [4.78, 5) is 26.3. The highest BCUT2D eigenvalue weighted by molar-refractivity contribution is 5.93. The first-order valence-electron chi connectivity index (χ1n) is 4.84. The third kappa shape index (κ3) is 1.54. The number of aromatic nitrogens is 1. The van der Waals surface area contributed by atoms with Crippen molar-refractivity contribution in [2.24, 2.45) is 0 Å². The highest BCUT2D eigenvalue weighted by Gasteiger charge is 2.35. The standard InChI is InChI=1S/C11H11NO4/c1-11(2)5-16-10(15)6-3-4-7(9(13)14)12-8(6)11/h3-4H,5H2,1-2H3,(H,13,14). The minimum Gasteiger partial charge on any atom is -0.477 e. The van der Waals surface area contributed by atoms with Gasteiger partial charge in [-0.3, -0.25) is 0 Å². The molecular weight excluding hydrogens is 210 g/mol. The SMILES string of the molecule is CC1(C)COC(=O)c2ccc(C(=O)O)nc21. The lowest BCUT2D eigenvalue weighted by Gasteiger charge is -2.30. The third-order valence-electron chi connectivity index (χ3n) is 2.54. The van der Waals surface area contributed by atoms with Gasteiger partial charge in [-0.25, -0.2) is 14.6 Å². The van der Waals surface area contributed by atoms with Crippen LogP contribution in [0.3, 0.4) is 0 Å². The molecule has 5 nitrogen and oxygen atoms in total. The van der Waals surface area contributed by atoms with Crippen LogP contribution < -0.4 is 0 Å². The molecular formula is C11H11NO4. The molecule has 1 aliphatic heterocycles. The van der Waals surface area contributed by atoms with E-state index in [0.717, 1.165) is 0 Å². The van der Waals surface area contributed by atoms with Crippen LogP contribution in [0.15, 0.2) is 12.1 Å². The number of rotatable bonds is 1. The number of pyridine rings is 1. The van der Waals surface area contributed by atoms with E-state index < -0.39 is 17.4 Å². The number of carbonyl (C=O) groups is 2. The minimum atomic E-state index is -1.10. The van der Waals surface area contributed by atoms with Gasteiger partial charge in [-0.1, -0.05) is 13.8 Å². The normalized spacial score (nSPS) is 17.5. The molecule has 5 heteroatoms. The third-order valence-corrected chi connectivity index (χ3v) is 2.54. The van der Waals surface area contributed by atoms with E-state index in [2.05, 4.69) is 4.98 Å². The van der Waals surface area contributed by atoms with Gasteiger partial charge < -0.3 is 9.84 Å². The van der Waals surface area contributed by atoms with Gasteiger partial charge >= 0.3 is 11.9 Å². The van der Waals surface area contributed by atoms with Crippen molar-refractivity contribution in [3.8, 4) is 0 Å². The first-order chi connectivity index (χ1) is 7.42. The maximum atomic E-state index is 11.4. The van der Waals surface area contributed by atoms with Crippen LogP contribution in [0.4, 0.5) is 0 Å². The minimum absolute atomic E-state index is 0.0541. The summed E-state index contributed by atoms with van der Waals surface area (Å²) >= 11 is 0. The number of esters is 1. The number of carbonyl (C=O) groups excluding carboxylic acids is 1. The molecule has 1 aromatic heterocycles. The average molecular weight is 221 g/mol. The van der Waals surface area contributed by atoms with Crippen LogP contribution in [0.25, 0.3) is 0 Å². The molecule has 1 aromatic rings. The van der Waals surface area contributed by atoms with Crippen molar-refractivity contribution in [2.45, 2.75) is 19.3 Å². The number of ether oxygens (including phenoxy) is 1. The largest absolute Gasteiger partial charge is 0.477 e. The molecule has 0 saturated carbocycles. The predicted molar refractivity (Wildman–Crippen MR) is 54.5 cm³/mol. The molecule has 2 heterocycles. The van der Waals surface area contributed by atoms with Crippen LogP contribution in [0.2, 0.25) is 0 Å². The van der Waals surface area contributed by atoms with E-state index in [-0.39, 0.29) is 12.3 Å². The van der Waals surface area contributed by atoms with Gasteiger partial charge in [0.05, 0.1) is 11.3 Å². The van der Waals surface area contributed by atoms with Crippen molar-refractivity contribution in [1.29, 1.82) is 0 Å². The van der Waals surface area contributed by atoms with E-state index in [1.165, 1.54) is 12.1 Å². The molecule has 0 aromatic carbocycles. The Morgan fingerprint density at radius 2 is 2.19 bits per heavy atom. The molecule has 0 radical (unpaired) electrons. The Hall–Kier alpha value is -1.91. The molecule has 2 rings (SSSR count). The van der Waals surface area contributed by atoms with Crippen molar-refractivity contribution >= 4 is 11.9 Å². The van der Waals surface area contributed by atoms with Crippen molar-refractivity contribution in [2.75, 3.05) is 6.61 Å². The molecule has 0 spiro atoms.